The van der Waals surface area contributed by atoms with Crippen LogP contribution in [0.3, 0.4) is 0 Å². The molecule has 0 bridgehead atoms. The highest BCUT2D eigenvalue weighted by molar-refractivity contribution is 6.20. The van der Waals surface area contributed by atoms with Crippen molar-refractivity contribution in [3.63, 3.8) is 0 Å². The number of aromatic nitrogens is 2. The van der Waals surface area contributed by atoms with Gasteiger partial charge in [0.15, 0.2) is 5.75 Å². The molecule has 0 saturated carbocycles. The van der Waals surface area contributed by atoms with Gasteiger partial charge in [0.25, 0.3) is 0 Å². The van der Waals surface area contributed by atoms with Gasteiger partial charge in [-0.05, 0) is 25.7 Å². The van der Waals surface area contributed by atoms with Gasteiger partial charge < -0.3 is 4.74 Å². The summed E-state index contributed by atoms with van der Waals surface area (Å²) in [6.07, 6.45) is 5.79. The SMILES string of the molecule is CCCn1ncc(OC)c1CCC(Cl)CC. The molecular formula is C12H21ClN2O. The Morgan fingerprint density at radius 2 is 2.25 bits per heavy atom. The second-order valence-corrected chi connectivity index (χ2v) is 4.54. The van der Waals surface area contributed by atoms with Gasteiger partial charge in [-0.3, -0.25) is 4.68 Å². The molecule has 3 nitrogen and oxygen atoms in total. The van der Waals surface area contributed by atoms with Crippen molar-refractivity contribution in [1.29, 1.82) is 0 Å². The second kappa shape index (κ2) is 6.79. The third-order valence-corrected chi connectivity index (χ3v) is 3.23. The Balaban J connectivity index is 2.70. The Labute approximate surface area is 103 Å². The molecule has 1 rings (SSSR count). The zero-order valence-electron chi connectivity index (χ0n) is 10.4. The van der Waals surface area contributed by atoms with Crippen LogP contribution in [0.25, 0.3) is 0 Å². The number of ether oxygens (including phenoxy) is 1. The van der Waals surface area contributed by atoms with Gasteiger partial charge in [-0.25, -0.2) is 0 Å². The molecule has 0 aromatic carbocycles. The molecule has 92 valence electrons. The zero-order valence-corrected chi connectivity index (χ0v) is 11.1. The summed E-state index contributed by atoms with van der Waals surface area (Å²) in [5.41, 5.74) is 1.17. The third-order valence-electron chi connectivity index (χ3n) is 2.70. The van der Waals surface area contributed by atoms with E-state index in [-0.39, 0.29) is 5.38 Å². The zero-order chi connectivity index (χ0) is 12.0. The molecule has 1 heterocycles. The summed E-state index contributed by atoms with van der Waals surface area (Å²) < 4.78 is 7.34. The van der Waals surface area contributed by atoms with Crippen LogP contribution in [0.4, 0.5) is 0 Å². The molecule has 1 aromatic heterocycles. The summed E-state index contributed by atoms with van der Waals surface area (Å²) >= 11 is 6.14. The highest BCUT2D eigenvalue weighted by Crippen LogP contribution is 2.21. The largest absolute Gasteiger partial charge is 0.493 e. The first-order chi connectivity index (χ1) is 7.72. The van der Waals surface area contributed by atoms with Crippen molar-refractivity contribution in [2.45, 2.75) is 51.5 Å². The van der Waals surface area contributed by atoms with Crippen molar-refractivity contribution in [2.75, 3.05) is 7.11 Å². The maximum atomic E-state index is 6.14. The van der Waals surface area contributed by atoms with Crippen LogP contribution in [-0.2, 0) is 13.0 Å². The lowest BCUT2D eigenvalue weighted by Crippen LogP contribution is -2.08. The first-order valence-electron chi connectivity index (χ1n) is 5.95. The normalized spacial score (nSPS) is 12.8. The molecular weight excluding hydrogens is 224 g/mol. The van der Waals surface area contributed by atoms with Crippen LogP contribution in [0.15, 0.2) is 6.20 Å². The number of hydrogen-bond acceptors (Lipinski definition) is 2. The first kappa shape index (κ1) is 13.4. The van der Waals surface area contributed by atoms with Crippen molar-refractivity contribution in [1.82, 2.24) is 9.78 Å². The number of nitrogens with zero attached hydrogens (tertiary/aromatic N) is 2. The van der Waals surface area contributed by atoms with Crippen LogP contribution in [-0.4, -0.2) is 22.3 Å². The minimum atomic E-state index is 0.245. The standard InChI is InChI=1S/C12H21ClN2O/c1-4-8-15-11(7-6-10(13)5-2)12(16-3)9-14-15/h9-10H,4-8H2,1-3H3. The van der Waals surface area contributed by atoms with Crippen molar-refractivity contribution < 1.29 is 4.74 Å². The highest BCUT2D eigenvalue weighted by Gasteiger charge is 2.12. The van der Waals surface area contributed by atoms with Gasteiger partial charge >= 0.3 is 0 Å². The predicted octanol–water partition coefficient (Wildman–Crippen LogP) is 3.25. The summed E-state index contributed by atoms with van der Waals surface area (Å²) in [5, 5.41) is 4.57. The van der Waals surface area contributed by atoms with Gasteiger partial charge in [-0.2, -0.15) is 5.10 Å². The average Bonchev–Trinajstić information content (AvgIpc) is 2.69. The highest BCUT2D eigenvalue weighted by atomic mass is 35.5. The summed E-state index contributed by atoms with van der Waals surface area (Å²) in [6.45, 7) is 5.20. The number of aryl methyl sites for hydroxylation is 1. The molecule has 1 atom stereocenters. The smallest absolute Gasteiger partial charge is 0.159 e. The van der Waals surface area contributed by atoms with Crippen molar-refractivity contribution in [2.24, 2.45) is 0 Å². The molecule has 0 fully saturated rings. The number of alkyl halides is 1. The fourth-order valence-electron chi connectivity index (χ4n) is 1.72. The quantitative estimate of drug-likeness (QED) is 0.689. The van der Waals surface area contributed by atoms with E-state index in [0.29, 0.717) is 0 Å². The molecule has 0 saturated heterocycles. The third kappa shape index (κ3) is 3.41. The fourth-order valence-corrected chi connectivity index (χ4v) is 1.83. The summed E-state index contributed by atoms with van der Waals surface area (Å²) in [5.74, 6) is 0.883. The van der Waals surface area contributed by atoms with Gasteiger partial charge in [0, 0.05) is 11.9 Å². The van der Waals surface area contributed by atoms with Crippen molar-refractivity contribution >= 4 is 11.6 Å². The molecule has 0 aliphatic heterocycles. The number of hydrogen-bond donors (Lipinski definition) is 0. The molecule has 0 aliphatic carbocycles. The van der Waals surface area contributed by atoms with Crippen LogP contribution in [0.1, 0.15) is 38.8 Å². The van der Waals surface area contributed by atoms with Gasteiger partial charge in [-0.15, -0.1) is 11.6 Å². The van der Waals surface area contributed by atoms with Crippen LogP contribution in [0, 0.1) is 0 Å². The molecule has 1 unspecified atom stereocenters. The van der Waals surface area contributed by atoms with E-state index in [1.54, 1.807) is 13.3 Å². The minimum absolute atomic E-state index is 0.245. The van der Waals surface area contributed by atoms with E-state index in [2.05, 4.69) is 18.9 Å². The Hall–Kier alpha value is -0.700. The Kier molecular flexibility index (Phi) is 5.67. The Bertz CT molecular complexity index is 312. The van der Waals surface area contributed by atoms with Crippen LogP contribution >= 0.6 is 11.6 Å². The molecule has 16 heavy (non-hydrogen) atoms. The van der Waals surface area contributed by atoms with Crippen molar-refractivity contribution in [3.05, 3.63) is 11.9 Å². The number of halogens is 1. The Morgan fingerprint density at radius 3 is 2.81 bits per heavy atom. The topological polar surface area (TPSA) is 27.1 Å². The molecule has 0 aliphatic rings. The molecule has 0 N–H and O–H groups in total. The van der Waals surface area contributed by atoms with Gasteiger partial charge in [0.2, 0.25) is 0 Å². The lowest BCUT2D eigenvalue weighted by Gasteiger charge is -2.10. The maximum absolute atomic E-state index is 6.14. The van der Waals surface area contributed by atoms with E-state index in [9.17, 15) is 0 Å². The van der Waals surface area contributed by atoms with E-state index in [1.807, 2.05) is 4.68 Å². The molecule has 1 aromatic rings. The summed E-state index contributed by atoms with van der Waals surface area (Å²) in [4.78, 5) is 0. The molecule has 0 spiro atoms. The number of methoxy groups -OCH3 is 1. The van der Waals surface area contributed by atoms with E-state index in [4.69, 9.17) is 16.3 Å². The Morgan fingerprint density at radius 1 is 1.50 bits per heavy atom. The van der Waals surface area contributed by atoms with Crippen LogP contribution in [0.2, 0.25) is 0 Å². The lowest BCUT2D eigenvalue weighted by atomic mass is 10.1. The first-order valence-corrected chi connectivity index (χ1v) is 6.39. The fraction of sp³-hybridized carbons (Fsp3) is 0.750. The van der Waals surface area contributed by atoms with E-state index in [1.165, 1.54) is 5.69 Å². The summed E-state index contributed by atoms with van der Waals surface area (Å²) in [7, 11) is 1.69. The van der Waals surface area contributed by atoms with E-state index >= 15 is 0 Å². The maximum Gasteiger partial charge on any atom is 0.159 e. The monoisotopic (exact) mass is 244 g/mol. The lowest BCUT2D eigenvalue weighted by molar-refractivity contribution is 0.405. The second-order valence-electron chi connectivity index (χ2n) is 3.93. The minimum Gasteiger partial charge on any atom is -0.493 e. The van der Waals surface area contributed by atoms with Crippen LogP contribution < -0.4 is 4.74 Å². The average molecular weight is 245 g/mol. The number of rotatable bonds is 7. The van der Waals surface area contributed by atoms with E-state index in [0.717, 1.165) is 38.0 Å². The summed E-state index contributed by atoms with van der Waals surface area (Å²) in [6, 6.07) is 0. The van der Waals surface area contributed by atoms with Crippen LogP contribution in [0.5, 0.6) is 5.75 Å². The molecule has 4 heteroatoms. The van der Waals surface area contributed by atoms with Crippen molar-refractivity contribution in [3.8, 4) is 5.75 Å². The predicted molar refractivity (Wildman–Crippen MR) is 67.3 cm³/mol. The van der Waals surface area contributed by atoms with Gasteiger partial charge in [-0.1, -0.05) is 13.8 Å². The molecule has 0 radical (unpaired) electrons. The van der Waals surface area contributed by atoms with E-state index < -0.39 is 0 Å². The molecule has 0 amide bonds. The van der Waals surface area contributed by atoms with Gasteiger partial charge in [0.1, 0.15) is 0 Å². The van der Waals surface area contributed by atoms with Gasteiger partial charge in [0.05, 0.1) is 19.0 Å².